The Bertz CT molecular complexity index is 315. The van der Waals surface area contributed by atoms with Gasteiger partial charge in [0.05, 0.1) is 0 Å². The van der Waals surface area contributed by atoms with Crippen LogP contribution in [0.3, 0.4) is 0 Å². The molecule has 1 aromatic carbocycles. The summed E-state index contributed by atoms with van der Waals surface area (Å²) in [5.74, 6) is 0. The molecule has 0 aliphatic heterocycles. The molecule has 0 aliphatic rings. The van der Waals surface area contributed by atoms with Crippen molar-refractivity contribution < 1.29 is 7.84 Å². The Hall–Kier alpha value is -0.792. The minimum atomic E-state index is -3.69. The molecular weight excluding hydrogens is 217 g/mol. The molecule has 12 heavy (non-hydrogen) atoms. The molecule has 1 aromatic rings. The summed E-state index contributed by atoms with van der Waals surface area (Å²) in [4.78, 5) is 3.87. The van der Waals surface area contributed by atoms with Crippen molar-refractivity contribution in [2.24, 2.45) is 4.99 Å². The maximum absolute atomic E-state index is 10.9. The van der Waals surface area contributed by atoms with Crippen LogP contribution in [0.1, 0.15) is 0 Å². The molecule has 0 aromatic heterocycles. The third-order valence-corrected chi connectivity index (χ3v) is 2.32. The van der Waals surface area contributed by atoms with E-state index < -0.39 is 13.8 Å². The van der Waals surface area contributed by atoms with E-state index in [1.165, 1.54) is 5.71 Å². The summed E-state index contributed by atoms with van der Waals surface area (Å²) < 4.78 is 19.8. The molecule has 3 nitrogen and oxygen atoms in total. The van der Waals surface area contributed by atoms with E-state index in [4.69, 9.17) is 4.10 Å². The summed E-state index contributed by atoms with van der Waals surface area (Å²) in [7, 11) is 0. The molecule has 0 heterocycles. The third-order valence-electron chi connectivity index (χ3n) is 1.18. The van der Waals surface area contributed by atoms with E-state index in [1.54, 1.807) is 12.1 Å². The number of aliphatic imine (C=N–C) groups is 1. The van der Waals surface area contributed by atoms with Gasteiger partial charge in [-0.2, -0.15) is 0 Å². The zero-order valence-corrected chi connectivity index (χ0v) is 8.59. The first-order chi connectivity index (χ1) is 5.58. The van der Waals surface area contributed by atoms with Crippen molar-refractivity contribution in [2.75, 3.05) is 0 Å². The van der Waals surface area contributed by atoms with Crippen LogP contribution in [0.5, 0.6) is 0 Å². The van der Waals surface area contributed by atoms with Gasteiger partial charge in [0.1, 0.15) is 0 Å². The van der Waals surface area contributed by atoms with Crippen LogP contribution in [-0.4, -0.2) is 22.9 Å². The average molecular weight is 227 g/mol. The van der Waals surface area contributed by atoms with Gasteiger partial charge in [-0.15, -0.1) is 0 Å². The number of hydrogen-bond donors (Lipinski definition) is 1. The van der Waals surface area contributed by atoms with Crippen molar-refractivity contribution in [1.82, 2.24) is 0 Å². The molecule has 0 aliphatic carbocycles. The fourth-order valence-electron chi connectivity index (χ4n) is 0.688. The van der Waals surface area contributed by atoms with Gasteiger partial charge in [-0.3, -0.25) is 0 Å². The second-order valence-corrected chi connectivity index (χ2v) is 6.97. The SMILES string of the molecule is C[As](=O)(O)C=Nc1ccccc1. The quantitative estimate of drug-likeness (QED) is 0.613. The molecule has 1 atom stereocenters. The Kier molecular flexibility index (Phi) is 2.90. The molecule has 64 valence electrons. The van der Waals surface area contributed by atoms with Crippen LogP contribution in [0.25, 0.3) is 0 Å². The predicted octanol–water partition coefficient (Wildman–Crippen LogP) is 1.42. The molecule has 0 amide bonds. The second kappa shape index (κ2) is 3.74. The van der Waals surface area contributed by atoms with Gasteiger partial charge in [-0.25, -0.2) is 0 Å². The van der Waals surface area contributed by atoms with E-state index in [1.807, 2.05) is 18.2 Å². The Morgan fingerprint density at radius 2 is 2.00 bits per heavy atom. The fraction of sp³-hybridized carbons (Fsp3) is 0.125. The molecule has 0 bridgehead atoms. The predicted molar refractivity (Wildman–Crippen MR) is 49.1 cm³/mol. The van der Waals surface area contributed by atoms with E-state index >= 15 is 0 Å². The second-order valence-electron chi connectivity index (χ2n) is 2.52. The number of nitrogens with zero attached hydrogens (tertiary/aromatic N) is 1. The third kappa shape index (κ3) is 3.56. The molecule has 1 unspecified atom stereocenters. The summed E-state index contributed by atoms with van der Waals surface area (Å²) in [5.41, 5.74) is 2.01. The van der Waals surface area contributed by atoms with Crippen LogP contribution in [-0.2, 0) is 3.74 Å². The Morgan fingerprint density at radius 1 is 1.42 bits per heavy atom. The first-order valence-electron chi connectivity index (χ1n) is 3.48. The van der Waals surface area contributed by atoms with Crippen LogP contribution in [0.15, 0.2) is 35.3 Å². The Labute approximate surface area is 73.8 Å². The van der Waals surface area contributed by atoms with Crippen LogP contribution in [0, 0.1) is 0 Å². The van der Waals surface area contributed by atoms with Crippen LogP contribution >= 0.6 is 0 Å². The Morgan fingerprint density at radius 3 is 2.50 bits per heavy atom. The van der Waals surface area contributed by atoms with E-state index in [-0.39, 0.29) is 0 Å². The summed E-state index contributed by atoms with van der Waals surface area (Å²) >= 11 is -3.69. The molecule has 0 saturated heterocycles. The summed E-state index contributed by atoms with van der Waals surface area (Å²) in [6.45, 7) is 0. The van der Waals surface area contributed by atoms with Crippen molar-refractivity contribution in [3.05, 3.63) is 30.3 Å². The average Bonchev–Trinajstić information content (AvgIpc) is 2.02. The molecule has 0 radical (unpaired) electrons. The van der Waals surface area contributed by atoms with Gasteiger partial charge in [0, 0.05) is 0 Å². The topological polar surface area (TPSA) is 49.7 Å². The minimum absolute atomic E-state index is 0.704. The zero-order valence-electron chi connectivity index (χ0n) is 6.71. The summed E-state index contributed by atoms with van der Waals surface area (Å²) in [6.07, 6.45) is 0. The van der Waals surface area contributed by atoms with Crippen LogP contribution < -0.4 is 0 Å². The van der Waals surface area contributed by atoms with Crippen molar-refractivity contribution in [2.45, 2.75) is 5.71 Å². The molecule has 1 rings (SSSR count). The van der Waals surface area contributed by atoms with Crippen molar-refractivity contribution >= 4 is 24.5 Å². The molecule has 0 saturated carbocycles. The van der Waals surface area contributed by atoms with Gasteiger partial charge in [0.2, 0.25) is 0 Å². The van der Waals surface area contributed by atoms with Gasteiger partial charge < -0.3 is 0 Å². The van der Waals surface area contributed by atoms with Crippen LogP contribution in [0.2, 0.25) is 5.71 Å². The van der Waals surface area contributed by atoms with Crippen molar-refractivity contribution in [3.63, 3.8) is 0 Å². The molecule has 1 N–H and O–H groups in total. The van der Waals surface area contributed by atoms with E-state index in [0.717, 1.165) is 5.00 Å². The molecule has 4 heteroatoms. The van der Waals surface area contributed by atoms with E-state index in [9.17, 15) is 3.74 Å². The van der Waals surface area contributed by atoms with Crippen molar-refractivity contribution in [1.29, 1.82) is 0 Å². The van der Waals surface area contributed by atoms with Crippen LogP contribution in [0.4, 0.5) is 5.69 Å². The first-order valence-corrected chi connectivity index (χ1v) is 8.05. The molecule has 0 fully saturated rings. The number of para-hydroxylation sites is 1. The van der Waals surface area contributed by atoms with Gasteiger partial charge in [0.15, 0.2) is 0 Å². The fourth-order valence-corrected chi connectivity index (χ4v) is 1.42. The number of benzene rings is 1. The first kappa shape index (κ1) is 9.30. The standard InChI is InChI=1S/C8H10AsNO2/c1-9(11,12)7-10-8-5-3-2-4-6-8/h2-7H,1H3,(H,11,12). The summed E-state index contributed by atoms with van der Waals surface area (Å²) in [5, 5.41) is 1.15. The maximum atomic E-state index is 10.9. The van der Waals surface area contributed by atoms with Gasteiger partial charge in [-0.05, 0) is 0 Å². The van der Waals surface area contributed by atoms with Gasteiger partial charge in [0.25, 0.3) is 0 Å². The number of rotatable bonds is 2. The van der Waals surface area contributed by atoms with E-state index in [0.29, 0.717) is 5.69 Å². The summed E-state index contributed by atoms with van der Waals surface area (Å²) in [6, 6.07) is 9.09. The molecular formula is C8H10AsNO2. The normalized spacial score (nSPS) is 16.2. The monoisotopic (exact) mass is 227 g/mol. The van der Waals surface area contributed by atoms with Gasteiger partial charge >= 0.3 is 73.4 Å². The van der Waals surface area contributed by atoms with Gasteiger partial charge in [-0.1, -0.05) is 0 Å². The zero-order chi connectivity index (χ0) is 9.03. The Balaban J connectivity index is 2.78. The van der Waals surface area contributed by atoms with E-state index in [2.05, 4.69) is 4.99 Å². The van der Waals surface area contributed by atoms with Crippen molar-refractivity contribution in [3.8, 4) is 0 Å². The number of hydrogen-bond acceptors (Lipinski definition) is 2. The molecule has 0 spiro atoms.